The zero-order valence-corrected chi connectivity index (χ0v) is 16.4. The first kappa shape index (κ1) is 18.9. The van der Waals surface area contributed by atoms with Crippen molar-refractivity contribution in [3.63, 3.8) is 0 Å². The zero-order chi connectivity index (χ0) is 19.7. The molecule has 0 spiro atoms. The van der Waals surface area contributed by atoms with Crippen LogP contribution >= 0.6 is 0 Å². The number of amides is 3. The Morgan fingerprint density at radius 2 is 1.82 bits per heavy atom. The van der Waals surface area contributed by atoms with Crippen molar-refractivity contribution in [3.8, 4) is 0 Å². The topological polar surface area (TPSA) is 73.0 Å². The molecule has 3 fully saturated rings. The first-order valence-corrected chi connectivity index (χ1v) is 10.2. The third-order valence-corrected chi connectivity index (χ3v) is 5.95. The normalized spacial score (nSPS) is 21.2. The van der Waals surface area contributed by atoms with E-state index in [2.05, 4.69) is 5.32 Å². The van der Waals surface area contributed by atoms with Crippen LogP contribution in [0.3, 0.4) is 0 Å². The Morgan fingerprint density at radius 3 is 2.50 bits per heavy atom. The van der Waals surface area contributed by atoms with Crippen LogP contribution in [0, 0.1) is 6.92 Å². The Hall–Kier alpha value is -2.41. The summed E-state index contributed by atoms with van der Waals surface area (Å²) in [6, 6.07) is 8.06. The number of carbonyl (C=O) groups is 3. The summed E-state index contributed by atoms with van der Waals surface area (Å²) in [5.41, 5.74) is 1.67. The van der Waals surface area contributed by atoms with Gasteiger partial charge in [-0.15, -0.1) is 0 Å². The first-order chi connectivity index (χ1) is 13.5. The fourth-order valence-corrected chi connectivity index (χ4v) is 4.09. The van der Waals surface area contributed by atoms with Crippen LogP contribution < -0.4 is 5.32 Å². The molecule has 2 saturated heterocycles. The molecule has 1 N–H and O–H groups in total. The van der Waals surface area contributed by atoms with E-state index in [9.17, 15) is 14.4 Å². The molecule has 0 radical (unpaired) electrons. The number of piperidine rings is 1. The van der Waals surface area contributed by atoms with Crippen LogP contribution in [0.4, 0.5) is 0 Å². The van der Waals surface area contributed by atoms with Crippen molar-refractivity contribution in [1.82, 2.24) is 20.0 Å². The Labute approximate surface area is 165 Å². The van der Waals surface area contributed by atoms with Gasteiger partial charge in [-0.3, -0.25) is 19.3 Å². The number of likely N-dealkylation sites (tertiary alicyclic amines) is 1. The highest BCUT2D eigenvalue weighted by atomic mass is 16.2. The number of benzene rings is 1. The van der Waals surface area contributed by atoms with E-state index in [1.807, 2.05) is 45.9 Å². The number of carbonyl (C=O) groups excluding carboxylic acids is 3. The number of nitrogens with one attached hydrogen (secondary N) is 1. The molecular weight excluding hydrogens is 356 g/mol. The van der Waals surface area contributed by atoms with Crippen LogP contribution in [0.1, 0.15) is 41.6 Å². The molecular formula is C21H28N4O3. The molecule has 2 heterocycles. The van der Waals surface area contributed by atoms with Gasteiger partial charge in [0, 0.05) is 30.7 Å². The molecule has 0 unspecified atom stereocenters. The molecule has 1 aliphatic carbocycles. The molecule has 3 aliphatic rings. The summed E-state index contributed by atoms with van der Waals surface area (Å²) in [5, 5.41) is 3.10. The van der Waals surface area contributed by atoms with Gasteiger partial charge in [-0.2, -0.15) is 0 Å². The van der Waals surface area contributed by atoms with Crippen LogP contribution in [0.2, 0.25) is 0 Å². The van der Waals surface area contributed by atoms with Gasteiger partial charge in [0.25, 0.3) is 5.91 Å². The van der Waals surface area contributed by atoms with Crippen molar-refractivity contribution < 1.29 is 14.4 Å². The Bertz CT molecular complexity index is 769. The third kappa shape index (κ3) is 4.19. The minimum atomic E-state index is -0.0429. The number of nitrogens with zero attached hydrogens (tertiary/aromatic N) is 3. The molecule has 0 atom stereocenters. The van der Waals surface area contributed by atoms with E-state index in [0.29, 0.717) is 44.5 Å². The van der Waals surface area contributed by atoms with Gasteiger partial charge in [-0.1, -0.05) is 18.2 Å². The van der Waals surface area contributed by atoms with Crippen LogP contribution in [0.15, 0.2) is 24.3 Å². The SMILES string of the molecule is Cc1ccccc1C(=O)NC1CCN(C(=O)CN2CC(=O)N(C3CC3)C2)CC1. The van der Waals surface area contributed by atoms with Gasteiger partial charge in [-0.05, 0) is 44.2 Å². The maximum absolute atomic E-state index is 12.6. The highest BCUT2D eigenvalue weighted by Gasteiger charge is 2.39. The summed E-state index contributed by atoms with van der Waals surface area (Å²) >= 11 is 0. The third-order valence-electron chi connectivity index (χ3n) is 5.95. The van der Waals surface area contributed by atoms with E-state index in [0.717, 1.165) is 31.2 Å². The average Bonchev–Trinajstić information content (AvgIpc) is 3.46. The van der Waals surface area contributed by atoms with Gasteiger partial charge >= 0.3 is 0 Å². The lowest BCUT2D eigenvalue weighted by atomic mass is 10.0. The first-order valence-electron chi connectivity index (χ1n) is 10.2. The molecule has 7 nitrogen and oxygen atoms in total. The molecule has 1 saturated carbocycles. The molecule has 1 aromatic rings. The molecule has 150 valence electrons. The monoisotopic (exact) mass is 384 g/mol. The molecule has 7 heteroatoms. The number of aryl methyl sites for hydroxylation is 1. The summed E-state index contributed by atoms with van der Waals surface area (Å²) < 4.78 is 0. The molecule has 28 heavy (non-hydrogen) atoms. The van der Waals surface area contributed by atoms with Crippen LogP contribution in [-0.4, -0.2) is 77.4 Å². The lowest BCUT2D eigenvalue weighted by molar-refractivity contribution is -0.133. The van der Waals surface area contributed by atoms with Crippen molar-refractivity contribution in [3.05, 3.63) is 35.4 Å². The van der Waals surface area contributed by atoms with Gasteiger partial charge in [0.2, 0.25) is 11.8 Å². The van der Waals surface area contributed by atoms with E-state index in [4.69, 9.17) is 0 Å². The van der Waals surface area contributed by atoms with Gasteiger partial charge in [0.15, 0.2) is 0 Å². The van der Waals surface area contributed by atoms with E-state index < -0.39 is 0 Å². The number of hydrogen-bond acceptors (Lipinski definition) is 4. The standard InChI is InChI=1S/C21H28N4O3/c1-15-4-2-3-5-18(15)21(28)22-16-8-10-24(11-9-16)19(26)12-23-13-20(27)25(14-23)17-6-7-17/h2-5,16-17H,6-14H2,1H3,(H,22,28). The Kier molecular flexibility index (Phi) is 5.35. The molecule has 0 aromatic heterocycles. The highest BCUT2D eigenvalue weighted by Crippen LogP contribution is 2.29. The van der Waals surface area contributed by atoms with Crippen molar-refractivity contribution in [1.29, 1.82) is 0 Å². The smallest absolute Gasteiger partial charge is 0.251 e. The van der Waals surface area contributed by atoms with E-state index >= 15 is 0 Å². The van der Waals surface area contributed by atoms with Crippen LogP contribution in [0.5, 0.6) is 0 Å². The fraction of sp³-hybridized carbons (Fsp3) is 0.571. The van der Waals surface area contributed by atoms with E-state index in [1.165, 1.54) is 0 Å². The maximum atomic E-state index is 12.6. The van der Waals surface area contributed by atoms with Crippen molar-refractivity contribution in [2.24, 2.45) is 0 Å². The highest BCUT2D eigenvalue weighted by molar-refractivity contribution is 5.95. The minimum absolute atomic E-state index is 0.0429. The predicted molar refractivity (Wildman–Crippen MR) is 105 cm³/mol. The van der Waals surface area contributed by atoms with Gasteiger partial charge in [0.05, 0.1) is 19.8 Å². The molecule has 2 aliphatic heterocycles. The predicted octanol–water partition coefficient (Wildman–Crippen LogP) is 0.980. The Morgan fingerprint density at radius 1 is 1.11 bits per heavy atom. The van der Waals surface area contributed by atoms with Crippen molar-refractivity contribution in [2.45, 2.75) is 44.7 Å². The number of rotatable bonds is 5. The summed E-state index contributed by atoms with van der Waals surface area (Å²) in [6.07, 6.45) is 3.71. The maximum Gasteiger partial charge on any atom is 0.251 e. The van der Waals surface area contributed by atoms with E-state index in [1.54, 1.807) is 0 Å². The van der Waals surface area contributed by atoms with Crippen LogP contribution in [-0.2, 0) is 9.59 Å². The van der Waals surface area contributed by atoms with Gasteiger partial charge in [-0.25, -0.2) is 0 Å². The second-order valence-corrected chi connectivity index (χ2v) is 8.17. The molecule has 3 amide bonds. The number of hydrogen-bond donors (Lipinski definition) is 1. The zero-order valence-electron chi connectivity index (χ0n) is 16.4. The molecule has 4 rings (SSSR count). The Balaban J connectivity index is 1.23. The lowest BCUT2D eigenvalue weighted by Crippen LogP contribution is -2.49. The summed E-state index contributed by atoms with van der Waals surface area (Å²) in [4.78, 5) is 42.8. The van der Waals surface area contributed by atoms with Gasteiger partial charge < -0.3 is 15.1 Å². The fourth-order valence-electron chi connectivity index (χ4n) is 4.09. The molecule has 0 bridgehead atoms. The quantitative estimate of drug-likeness (QED) is 0.821. The largest absolute Gasteiger partial charge is 0.349 e. The summed E-state index contributed by atoms with van der Waals surface area (Å²) in [6.45, 7) is 4.46. The summed E-state index contributed by atoms with van der Waals surface area (Å²) in [7, 11) is 0. The van der Waals surface area contributed by atoms with E-state index in [-0.39, 0.29) is 23.8 Å². The second-order valence-electron chi connectivity index (χ2n) is 8.17. The minimum Gasteiger partial charge on any atom is -0.349 e. The van der Waals surface area contributed by atoms with Crippen molar-refractivity contribution in [2.75, 3.05) is 32.8 Å². The van der Waals surface area contributed by atoms with Gasteiger partial charge in [0.1, 0.15) is 0 Å². The average molecular weight is 384 g/mol. The second kappa shape index (κ2) is 7.91. The van der Waals surface area contributed by atoms with Crippen LogP contribution in [0.25, 0.3) is 0 Å². The van der Waals surface area contributed by atoms with Crippen molar-refractivity contribution >= 4 is 17.7 Å². The molecule has 1 aromatic carbocycles. The summed E-state index contributed by atoms with van der Waals surface area (Å²) in [5.74, 6) is 0.181. The lowest BCUT2D eigenvalue weighted by Gasteiger charge is -2.33.